The molecule has 3 aliphatic rings. The van der Waals surface area contributed by atoms with Crippen LogP contribution in [0.15, 0.2) is 34.2 Å². The number of hydrogen-bond acceptors (Lipinski definition) is 6. The van der Waals surface area contributed by atoms with E-state index in [0.717, 1.165) is 0 Å². The fourth-order valence-electron chi connectivity index (χ4n) is 3.47. The Morgan fingerprint density at radius 1 is 1.15 bits per heavy atom. The van der Waals surface area contributed by atoms with E-state index in [1.165, 1.54) is 11.1 Å². The molecule has 1 aromatic rings. The number of hydrogen-bond donors (Lipinski definition) is 0. The van der Waals surface area contributed by atoms with Gasteiger partial charge in [-0.25, -0.2) is 0 Å². The number of benzene rings is 1. The lowest BCUT2D eigenvalue weighted by molar-refractivity contribution is -0.130. The Kier molecular flexibility index (Phi) is 5.08. The van der Waals surface area contributed by atoms with E-state index in [2.05, 4.69) is 0 Å². The van der Waals surface area contributed by atoms with Crippen LogP contribution in [0.3, 0.4) is 0 Å². The monoisotopic (exact) mass is 378 g/mol. The zero-order valence-electron chi connectivity index (χ0n) is 14.7. The van der Waals surface area contributed by atoms with E-state index < -0.39 is 11.4 Å². The highest BCUT2D eigenvalue weighted by Gasteiger charge is 2.37. The second-order valence-electron chi connectivity index (χ2n) is 6.55. The van der Waals surface area contributed by atoms with E-state index in [1.807, 2.05) is 21.3 Å². The summed E-state index contributed by atoms with van der Waals surface area (Å²) in [4.78, 5) is 14.7. The maximum absolute atomic E-state index is 12.9. The van der Waals surface area contributed by atoms with Gasteiger partial charge in [-0.1, -0.05) is 0 Å². The average molecular weight is 378 g/mol. The third-order valence-electron chi connectivity index (χ3n) is 4.82. The number of amides is 1. The summed E-state index contributed by atoms with van der Waals surface area (Å²) >= 11 is -1.26. The molecule has 1 amide bonds. The first-order valence-electron chi connectivity index (χ1n) is 8.68. The summed E-state index contributed by atoms with van der Waals surface area (Å²) in [6, 6.07) is 5.44. The van der Waals surface area contributed by atoms with Crippen molar-refractivity contribution in [3.8, 4) is 11.5 Å². The minimum atomic E-state index is -1.26. The Morgan fingerprint density at radius 2 is 1.85 bits per heavy atom. The van der Waals surface area contributed by atoms with Gasteiger partial charge in [0.2, 0.25) is 5.91 Å². The standard InChI is InChI=1S/C18H22N2O5S/c1-23-5-4-18(21)19-9-13-11-20(12-14(13)10-19)26(22)15-2-3-16-17(8-15)25-7-6-24-16/h2-3,8H,4-7,9-12H2,1H3. The molecule has 3 aliphatic heterocycles. The van der Waals surface area contributed by atoms with Crippen LogP contribution in [0.1, 0.15) is 6.42 Å². The van der Waals surface area contributed by atoms with Crippen LogP contribution in [0, 0.1) is 0 Å². The predicted molar refractivity (Wildman–Crippen MR) is 95.5 cm³/mol. The topological polar surface area (TPSA) is 74.3 Å². The van der Waals surface area contributed by atoms with Crippen LogP contribution >= 0.6 is 0 Å². The first-order valence-corrected chi connectivity index (χ1v) is 9.79. The number of rotatable bonds is 5. The smallest absolute Gasteiger partial charge is 0.225 e. The molecule has 1 unspecified atom stereocenters. The summed E-state index contributed by atoms with van der Waals surface area (Å²) in [5.74, 6) is 1.46. The van der Waals surface area contributed by atoms with Crippen molar-refractivity contribution in [2.75, 3.05) is 53.1 Å². The van der Waals surface area contributed by atoms with E-state index in [4.69, 9.17) is 14.2 Å². The van der Waals surface area contributed by atoms with Gasteiger partial charge in [-0.2, -0.15) is 0 Å². The molecule has 0 saturated heterocycles. The molecule has 0 aromatic heterocycles. The van der Waals surface area contributed by atoms with Crippen LogP contribution in [-0.4, -0.2) is 72.8 Å². The first kappa shape index (κ1) is 17.7. The fraction of sp³-hybridized carbons (Fsp3) is 0.500. The van der Waals surface area contributed by atoms with Gasteiger partial charge in [0.25, 0.3) is 0 Å². The van der Waals surface area contributed by atoms with E-state index in [-0.39, 0.29) is 5.91 Å². The largest absolute Gasteiger partial charge is 0.593 e. The van der Waals surface area contributed by atoms with Gasteiger partial charge in [-0.05, 0) is 23.3 Å². The van der Waals surface area contributed by atoms with Crippen LogP contribution in [0.4, 0.5) is 0 Å². The van der Waals surface area contributed by atoms with Crippen molar-refractivity contribution < 1.29 is 23.6 Å². The number of fused-ring (bicyclic) bond motifs is 1. The molecule has 3 heterocycles. The van der Waals surface area contributed by atoms with Crippen molar-refractivity contribution >= 4 is 17.3 Å². The molecule has 26 heavy (non-hydrogen) atoms. The third-order valence-corrected chi connectivity index (χ3v) is 6.20. The Balaban J connectivity index is 1.36. The highest BCUT2D eigenvalue weighted by molar-refractivity contribution is 7.89. The van der Waals surface area contributed by atoms with Gasteiger partial charge in [0.05, 0.1) is 37.5 Å². The molecule has 0 spiro atoms. The Labute approximate surface area is 155 Å². The first-order chi connectivity index (χ1) is 12.7. The lowest BCUT2D eigenvalue weighted by Crippen LogP contribution is -2.36. The van der Waals surface area contributed by atoms with Crippen molar-refractivity contribution in [2.45, 2.75) is 11.3 Å². The number of methoxy groups -OCH3 is 1. The summed E-state index contributed by atoms with van der Waals surface area (Å²) in [6.45, 7) is 4.02. The molecule has 0 N–H and O–H groups in total. The number of carbonyl (C=O) groups is 1. The second kappa shape index (κ2) is 7.48. The van der Waals surface area contributed by atoms with Gasteiger partial charge in [-0.3, -0.25) is 4.79 Å². The molecule has 0 bridgehead atoms. The molecule has 0 fully saturated rings. The van der Waals surface area contributed by atoms with Gasteiger partial charge in [0.1, 0.15) is 13.2 Å². The summed E-state index contributed by atoms with van der Waals surface area (Å²) in [5.41, 5.74) is 2.42. The minimum Gasteiger partial charge on any atom is -0.593 e. The molecule has 4 rings (SSSR count). The predicted octanol–water partition coefficient (Wildman–Crippen LogP) is 0.971. The molecule has 140 valence electrons. The van der Waals surface area contributed by atoms with Crippen LogP contribution in [0.2, 0.25) is 0 Å². The molecule has 0 radical (unpaired) electrons. The Bertz CT molecular complexity index is 720. The SMILES string of the molecule is COCCC(=O)N1CC2=C(C1)CN([S+]([O-])c1ccc3c(c1)OCCO3)C2. The highest BCUT2D eigenvalue weighted by Crippen LogP contribution is 2.35. The van der Waals surface area contributed by atoms with Gasteiger partial charge >= 0.3 is 0 Å². The van der Waals surface area contributed by atoms with Crippen molar-refractivity contribution in [3.05, 3.63) is 29.3 Å². The highest BCUT2D eigenvalue weighted by atomic mass is 32.2. The van der Waals surface area contributed by atoms with Gasteiger partial charge in [-0.15, -0.1) is 4.31 Å². The minimum absolute atomic E-state index is 0.112. The zero-order chi connectivity index (χ0) is 18.1. The van der Waals surface area contributed by atoms with Crippen molar-refractivity contribution in [1.29, 1.82) is 0 Å². The summed E-state index contributed by atoms with van der Waals surface area (Å²) in [7, 11) is 1.60. The average Bonchev–Trinajstić information content (AvgIpc) is 3.24. The zero-order valence-corrected chi connectivity index (χ0v) is 15.5. The van der Waals surface area contributed by atoms with Gasteiger partial charge in [0, 0.05) is 26.3 Å². The molecule has 0 saturated carbocycles. The van der Waals surface area contributed by atoms with Crippen LogP contribution in [0.5, 0.6) is 11.5 Å². The van der Waals surface area contributed by atoms with Gasteiger partial charge in [0.15, 0.2) is 16.4 Å². The Hall–Kier alpha value is -1.74. The molecule has 1 atom stereocenters. The van der Waals surface area contributed by atoms with E-state index in [1.54, 1.807) is 13.2 Å². The summed E-state index contributed by atoms with van der Waals surface area (Å²) < 4.78 is 30.9. The van der Waals surface area contributed by atoms with Crippen LogP contribution in [0.25, 0.3) is 0 Å². The molecule has 0 aliphatic carbocycles. The van der Waals surface area contributed by atoms with E-state index in [9.17, 15) is 9.35 Å². The fourth-order valence-corrected chi connectivity index (χ4v) is 4.70. The summed E-state index contributed by atoms with van der Waals surface area (Å²) in [5, 5.41) is 0. The van der Waals surface area contributed by atoms with Crippen LogP contribution in [-0.2, 0) is 20.9 Å². The van der Waals surface area contributed by atoms with Crippen molar-refractivity contribution in [2.24, 2.45) is 0 Å². The lowest BCUT2D eigenvalue weighted by atomic mass is 10.2. The molecule has 1 aromatic carbocycles. The number of nitrogens with zero attached hydrogens (tertiary/aromatic N) is 2. The van der Waals surface area contributed by atoms with Gasteiger partial charge < -0.3 is 23.7 Å². The number of ether oxygens (including phenoxy) is 3. The third kappa shape index (κ3) is 3.42. The normalized spacial score (nSPS) is 20.5. The second-order valence-corrected chi connectivity index (χ2v) is 8.04. The maximum atomic E-state index is 12.9. The molecular weight excluding hydrogens is 356 g/mol. The molecular formula is C18H22N2O5S. The maximum Gasteiger partial charge on any atom is 0.225 e. The van der Waals surface area contributed by atoms with Crippen molar-refractivity contribution in [3.63, 3.8) is 0 Å². The lowest BCUT2D eigenvalue weighted by Gasteiger charge is -2.25. The number of carbonyl (C=O) groups excluding carboxylic acids is 1. The van der Waals surface area contributed by atoms with Crippen molar-refractivity contribution in [1.82, 2.24) is 9.21 Å². The molecule has 7 nitrogen and oxygen atoms in total. The van der Waals surface area contributed by atoms with E-state index >= 15 is 0 Å². The Morgan fingerprint density at radius 3 is 2.54 bits per heavy atom. The van der Waals surface area contributed by atoms with E-state index in [0.29, 0.717) is 68.8 Å². The molecule has 8 heteroatoms. The van der Waals surface area contributed by atoms with Crippen LogP contribution < -0.4 is 9.47 Å². The quantitative estimate of drug-likeness (QED) is 0.562. The summed E-state index contributed by atoms with van der Waals surface area (Å²) in [6.07, 6.45) is 0.407.